The highest BCUT2D eigenvalue weighted by atomic mass is 16.5. The molecule has 0 saturated carbocycles. The first-order chi connectivity index (χ1) is 7.84. The zero-order chi connectivity index (χ0) is 11.2. The third-order valence-electron chi connectivity index (χ3n) is 2.80. The Kier molecular flexibility index (Phi) is 4.33. The van der Waals surface area contributed by atoms with Gasteiger partial charge in [-0.3, -0.25) is 4.90 Å². The summed E-state index contributed by atoms with van der Waals surface area (Å²) >= 11 is 0. The van der Waals surface area contributed by atoms with Crippen molar-refractivity contribution < 1.29 is 4.52 Å². The Hall–Kier alpha value is -0.910. The largest absolute Gasteiger partial charge is 0.361 e. The van der Waals surface area contributed by atoms with Crippen LogP contribution in [0.25, 0.3) is 0 Å². The minimum atomic E-state index is 0.795. The highest BCUT2D eigenvalue weighted by Gasteiger charge is 2.08. The predicted octanol–water partition coefficient (Wildman–Crippen LogP) is -0.0222. The lowest BCUT2D eigenvalue weighted by Gasteiger charge is -2.27. The Bertz CT molecular complexity index is 307. The van der Waals surface area contributed by atoms with Crippen molar-refractivity contribution in [3.63, 3.8) is 0 Å². The Labute approximate surface area is 96.2 Å². The van der Waals surface area contributed by atoms with E-state index in [4.69, 9.17) is 4.52 Å². The van der Waals surface area contributed by atoms with E-state index in [-0.39, 0.29) is 0 Å². The smallest absolute Gasteiger partial charge is 0.133 e. The molecule has 2 N–H and O–H groups in total. The maximum atomic E-state index is 5.00. The molecule has 1 saturated heterocycles. The summed E-state index contributed by atoms with van der Waals surface area (Å²) in [6.45, 7) is 9.37. The predicted molar refractivity (Wildman–Crippen MR) is 62.3 cm³/mol. The van der Waals surface area contributed by atoms with Crippen LogP contribution >= 0.6 is 0 Å². The van der Waals surface area contributed by atoms with Crippen molar-refractivity contribution in [3.05, 3.63) is 17.5 Å². The maximum absolute atomic E-state index is 5.00. The van der Waals surface area contributed by atoms with Gasteiger partial charge in [-0.2, -0.15) is 0 Å². The average Bonchev–Trinajstić information content (AvgIpc) is 2.72. The first kappa shape index (κ1) is 11.6. The van der Waals surface area contributed by atoms with Gasteiger partial charge in [-0.15, -0.1) is 0 Å². The minimum absolute atomic E-state index is 0.795. The van der Waals surface area contributed by atoms with Gasteiger partial charge in [0, 0.05) is 51.9 Å². The molecule has 2 heterocycles. The summed E-state index contributed by atoms with van der Waals surface area (Å²) in [7, 11) is 0. The zero-order valence-electron chi connectivity index (χ0n) is 9.83. The summed E-state index contributed by atoms with van der Waals surface area (Å²) in [5.74, 6) is 0.874. The van der Waals surface area contributed by atoms with Crippen LogP contribution in [0.1, 0.15) is 11.5 Å². The van der Waals surface area contributed by atoms with Crippen molar-refractivity contribution in [2.24, 2.45) is 0 Å². The Morgan fingerprint density at radius 3 is 3.00 bits per heavy atom. The van der Waals surface area contributed by atoms with Crippen LogP contribution in [0.5, 0.6) is 0 Å². The molecule has 0 amide bonds. The number of aromatic nitrogens is 1. The second-order valence-electron chi connectivity index (χ2n) is 4.20. The molecule has 0 unspecified atom stereocenters. The first-order valence-corrected chi connectivity index (χ1v) is 5.90. The average molecular weight is 224 g/mol. The summed E-state index contributed by atoms with van der Waals surface area (Å²) in [5.41, 5.74) is 0.984. The SMILES string of the molecule is Cc1cc(CNCCN2CCNCC2)no1. The number of rotatable bonds is 5. The molecule has 0 aliphatic carbocycles. The van der Waals surface area contributed by atoms with Crippen molar-refractivity contribution in [1.82, 2.24) is 20.7 Å². The van der Waals surface area contributed by atoms with Crippen LogP contribution in [0, 0.1) is 6.92 Å². The molecule has 1 aliphatic heterocycles. The molecule has 5 heteroatoms. The van der Waals surface area contributed by atoms with E-state index in [0.29, 0.717) is 0 Å². The van der Waals surface area contributed by atoms with E-state index in [1.165, 1.54) is 0 Å². The fourth-order valence-electron chi connectivity index (χ4n) is 1.89. The lowest BCUT2D eigenvalue weighted by molar-refractivity contribution is 0.240. The molecule has 0 aromatic carbocycles. The number of nitrogens with zero attached hydrogens (tertiary/aromatic N) is 2. The van der Waals surface area contributed by atoms with Gasteiger partial charge in [0.1, 0.15) is 5.76 Å². The number of nitrogens with one attached hydrogen (secondary N) is 2. The molecule has 90 valence electrons. The van der Waals surface area contributed by atoms with Crippen LogP contribution in [-0.4, -0.2) is 49.3 Å². The zero-order valence-corrected chi connectivity index (χ0v) is 9.83. The van der Waals surface area contributed by atoms with E-state index < -0.39 is 0 Å². The molecule has 0 atom stereocenters. The van der Waals surface area contributed by atoms with Gasteiger partial charge in [0.2, 0.25) is 0 Å². The summed E-state index contributed by atoms with van der Waals surface area (Å²) in [4.78, 5) is 2.47. The molecular formula is C11H20N4O. The standard InChI is InChI=1S/C11H20N4O/c1-10-8-11(14-16-10)9-13-4-7-15-5-2-12-3-6-15/h8,12-13H,2-7,9H2,1H3. The monoisotopic (exact) mass is 224 g/mol. The molecule has 1 aromatic heterocycles. The van der Waals surface area contributed by atoms with Crippen LogP contribution in [0.2, 0.25) is 0 Å². The van der Waals surface area contributed by atoms with E-state index in [2.05, 4.69) is 20.7 Å². The number of hydrogen-bond acceptors (Lipinski definition) is 5. The van der Waals surface area contributed by atoms with Crippen LogP contribution in [-0.2, 0) is 6.54 Å². The lowest BCUT2D eigenvalue weighted by Crippen LogP contribution is -2.45. The normalized spacial score (nSPS) is 17.8. The fraction of sp³-hybridized carbons (Fsp3) is 0.727. The van der Waals surface area contributed by atoms with E-state index >= 15 is 0 Å². The molecule has 0 radical (unpaired) electrons. The third kappa shape index (κ3) is 3.59. The van der Waals surface area contributed by atoms with Crippen molar-refractivity contribution >= 4 is 0 Å². The van der Waals surface area contributed by atoms with Crippen LogP contribution in [0.15, 0.2) is 10.6 Å². The van der Waals surface area contributed by atoms with Gasteiger partial charge < -0.3 is 15.2 Å². The molecule has 2 rings (SSSR count). The molecule has 1 aromatic rings. The lowest BCUT2D eigenvalue weighted by atomic mass is 10.3. The van der Waals surface area contributed by atoms with E-state index in [0.717, 1.165) is 57.3 Å². The van der Waals surface area contributed by atoms with Gasteiger partial charge in [0.25, 0.3) is 0 Å². The molecule has 16 heavy (non-hydrogen) atoms. The van der Waals surface area contributed by atoms with Crippen molar-refractivity contribution in [1.29, 1.82) is 0 Å². The maximum Gasteiger partial charge on any atom is 0.133 e. The van der Waals surface area contributed by atoms with Gasteiger partial charge in [0.05, 0.1) is 5.69 Å². The molecular weight excluding hydrogens is 204 g/mol. The molecule has 0 bridgehead atoms. The summed E-state index contributed by atoms with van der Waals surface area (Å²) in [5, 5.41) is 10.7. The van der Waals surface area contributed by atoms with E-state index in [1.54, 1.807) is 0 Å². The van der Waals surface area contributed by atoms with Crippen LogP contribution in [0.4, 0.5) is 0 Å². The first-order valence-electron chi connectivity index (χ1n) is 5.90. The van der Waals surface area contributed by atoms with Crippen molar-refractivity contribution in [3.8, 4) is 0 Å². The number of aryl methyl sites for hydroxylation is 1. The minimum Gasteiger partial charge on any atom is -0.361 e. The van der Waals surface area contributed by atoms with Crippen LogP contribution < -0.4 is 10.6 Å². The Morgan fingerprint density at radius 1 is 1.50 bits per heavy atom. The van der Waals surface area contributed by atoms with E-state index in [1.807, 2.05) is 13.0 Å². The van der Waals surface area contributed by atoms with Crippen LogP contribution in [0.3, 0.4) is 0 Å². The van der Waals surface area contributed by atoms with Gasteiger partial charge in [-0.25, -0.2) is 0 Å². The molecule has 1 aliphatic rings. The van der Waals surface area contributed by atoms with Gasteiger partial charge in [0.15, 0.2) is 0 Å². The summed E-state index contributed by atoms with van der Waals surface area (Å²) in [6, 6.07) is 1.97. The third-order valence-corrected chi connectivity index (χ3v) is 2.80. The van der Waals surface area contributed by atoms with E-state index in [9.17, 15) is 0 Å². The number of hydrogen-bond donors (Lipinski definition) is 2. The van der Waals surface area contributed by atoms with Gasteiger partial charge in [-0.05, 0) is 6.92 Å². The molecule has 1 fully saturated rings. The Morgan fingerprint density at radius 2 is 2.31 bits per heavy atom. The fourth-order valence-corrected chi connectivity index (χ4v) is 1.89. The molecule has 5 nitrogen and oxygen atoms in total. The summed E-state index contributed by atoms with van der Waals surface area (Å²) in [6.07, 6.45) is 0. The Balaban J connectivity index is 1.57. The highest BCUT2D eigenvalue weighted by molar-refractivity contribution is 5.02. The quantitative estimate of drug-likeness (QED) is 0.688. The second kappa shape index (κ2) is 5.98. The van der Waals surface area contributed by atoms with Gasteiger partial charge >= 0.3 is 0 Å². The second-order valence-corrected chi connectivity index (χ2v) is 4.20. The van der Waals surface area contributed by atoms with Crippen molar-refractivity contribution in [2.75, 3.05) is 39.3 Å². The molecule has 0 spiro atoms. The van der Waals surface area contributed by atoms with Crippen molar-refractivity contribution in [2.45, 2.75) is 13.5 Å². The number of piperazine rings is 1. The topological polar surface area (TPSA) is 53.3 Å². The highest BCUT2D eigenvalue weighted by Crippen LogP contribution is 2.00. The summed E-state index contributed by atoms with van der Waals surface area (Å²) < 4.78 is 5.00. The van der Waals surface area contributed by atoms with Gasteiger partial charge in [-0.1, -0.05) is 5.16 Å².